The highest BCUT2D eigenvalue weighted by Crippen LogP contribution is 2.26. The molecule has 0 unspecified atom stereocenters. The van der Waals surface area contributed by atoms with E-state index in [0.29, 0.717) is 44.8 Å². The number of hydrogen-bond acceptors (Lipinski definition) is 5. The zero-order valence-electron chi connectivity index (χ0n) is 19.5. The summed E-state index contributed by atoms with van der Waals surface area (Å²) in [6.45, 7) is 3.49. The molecule has 0 aromatic heterocycles. The molecule has 0 atom stereocenters. The molecular weight excluding hydrogens is 452 g/mol. The van der Waals surface area contributed by atoms with Crippen molar-refractivity contribution in [3.63, 3.8) is 0 Å². The fourth-order valence-electron chi connectivity index (χ4n) is 4.23. The Kier molecular flexibility index (Phi) is 7.38. The van der Waals surface area contributed by atoms with Crippen LogP contribution in [0.2, 0.25) is 0 Å². The van der Waals surface area contributed by atoms with E-state index in [0.717, 1.165) is 22.1 Å². The molecule has 0 aliphatic carbocycles. The number of ether oxygens (including phenoxy) is 2. The summed E-state index contributed by atoms with van der Waals surface area (Å²) in [5.41, 5.74) is 1.02. The second kappa shape index (κ2) is 10.4. The average molecular weight is 483 g/mol. The standard InChI is InChI=1S/C26H30N2O5S/c1-3-33-23-8-10-25(11-9-23)34(30,31)28-14-12-20(13-15-28)26(29)27-18-19-4-5-22-17-24(32-2)7-6-21(22)16-19/h4-11,16-17,20H,3,12-15,18H2,1-2H3,(H,27,29). The van der Waals surface area contributed by atoms with Gasteiger partial charge in [0.2, 0.25) is 15.9 Å². The van der Waals surface area contributed by atoms with E-state index >= 15 is 0 Å². The molecule has 7 nitrogen and oxygen atoms in total. The molecule has 1 aliphatic heterocycles. The zero-order chi connectivity index (χ0) is 24.1. The van der Waals surface area contributed by atoms with Gasteiger partial charge >= 0.3 is 0 Å². The van der Waals surface area contributed by atoms with Crippen LogP contribution in [0, 0.1) is 5.92 Å². The molecule has 1 saturated heterocycles. The van der Waals surface area contributed by atoms with Crippen LogP contribution >= 0.6 is 0 Å². The van der Waals surface area contributed by atoms with Gasteiger partial charge in [-0.15, -0.1) is 0 Å². The van der Waals surface area contributed by atoms with Gasteiger partial charge in [0, 0.05) is 25.6 Å². The van der Waals surface area contributed by atoms with Crippen LogP contribution < -0.4 is 14.8 Å². The van der Waals surface area contributed by atoms with Crippen LogP contribution in [0.25, 0.3) is 10.8 Å². The van der Waals surface area contributed by atoms with E-state index in [9.17, 15) is 13.2 Å². The molecule has 4 rings (SSSR count). The Hall–Kier alpha value is -3.10. The molecule has 180 valence electrons. The third-order valence-electron chi connectivity index (χ3n) is 6.18. The molecule has 1 N–H and O–H groups in total. The maximum Gasteiger partial charge on any atom is 0.243 e. The number of rotatable bonds is 8. The van der Waals surface area contributed by atoms with Gasteiger partial charge in [-0.3, -0.25) is 4.79 Å². The van der Waals surface area contributed by atoms with E-state index in [4.69, 9.17) is 9.47 Å². The predicted molar refractivity (Wildman–Crippen MR) is 131 cm³/mol. The van der Waals surface area contributed by atoms with Gasteiger partial charge in [0.1, 0.15) is 11.5 Å². The van der Waals surface area contributed by atoms with Crippen LogP contribution in [0.5, 0.6) is 11.5 Å². The summed E-state index contributed by atoms with van der Waals surface area (Å²) in [5, 5.41) is 5.18. The lowest BCUT2D eigenvalue weighted by Crippen LogP contribution is -2.42. The number of carbonyl (C=O) groups excluding carboxylic acids is 1. The van der Waals surface area contributed by atoms with Crippen molar-refractivity contribution in [3.8, 4) is 11.5 Å². The summed E-state index contributed by atoms with van der Waals surface area (Å²) in [5.74, 6) is 1.22. The van der Waals surface area contributed by atoms with E-state index in [-0.39, 0.29) is 16.7 Å². The van der Waals surface area contributed by atoms with Crippen molar-refractivity contribution < 1.29 is 22.7 Å². The molecule has 0 saturated carbocycles. The molecule has 0 bridgehead atoms. The summed E-state index contributed by atoms with van der Waals surface area (Å²) in [4.78, 5) is 13.0. The number of fused-ring (bicyclic) bond motifs is 1. The van der Waals surface area contributed by atoms with Gasteiger partial charge in [-0.1, -0.05) is 18.2 Å². The highest BCUT2D eigenvalue weighted by molar-refractivity contribution is 7.89. The number of piperidine rings is 1. The largest absolute Gasteiger partial charge is 0.497 e. The molecule has 3 aromatic carbocycles. The third-order valence-corrected chi connectivity index (χ3v) is 8.09. The summed E-state index contributed by atoms with van der Waals surface area (Å²) in [6.07, 6.45) is 0.999. The average Bonchev–Trinajstić information content (AvgIpc) is 2.87. The highest BCUT2D eigenvalue weighted by Gasteiger charge is 2.32. The minimum atomic E-state index is -3.59. The fourth-order valence-corrected chi connectivity index (χ4v) is 5.70. The maximum atomic E-state index is 13.0. The van der Waals surface area contributed by atoms with E-state index < -0.39 is 10.0 Å². The lowest BCUT2D eigenvalue weighted by atomic mass is 9.97. The highest BCUT2D eigenvalue weighted by atomic mass is 32.2. The summed E-state index contributed by atoms with van der Waals surface area (Å²) in [6, 6.07) is 18.4. The van der Waals surface area contributed by atoms with E-state index in [1.807, 2.05) is 37.3 Å². The quantitative estimate of drug-likeness (QED) is 0.525. The fraction of sp³-hybridized carbons (Fsp3) is 0.346. The predicted octanol–water partition coefficient (Wildman–Crippen LogP) is 3.96. The van der Waals surface area contributed by atoms with E-state index in [1.54, 1.807) is 31.4 Å². The Bertz CT molecular complexity index is 1250. The molecule has 1 fully saturated rings. The summed E-state index contributed by atoms with van der Waals surface area (Å²) >= 11 is 0. The number of nitrogens with one attached hydrogen (secondary N) is 1. The molecule has 0 spiro atoms. The van der Waals surface area contributed by atoms with Crippen molar-refractivity contribution in [2.24, 2.45) is 5.92 Å². The lowest BCUT2D eigenvalue weighted by molar-refractivity contribution is -0.126. The first-order valence-electron chi connectivity index (χ1n) is 11.5. The minimum Gasteiger partial charge on any atom is -0.497 e. The van der Waals surface area contributed by atoms with Crippen molar-refractivity contribution in [1.29, 1.82) is 0 Å². The maximum absolute atomic E-state index is 13.0. The van der Waals surface area contributed by atoms with Gasteiger partial charge in [-0.25, -0.2) is 8.42 Å². The molecule has 1 heterocycles. The van der Waals surface area contributed by atoms with Crippen LogP contribution in [0.4, 0.5) is 0 Å². The first kappa shape index (κ1) is 24.0. The van der Waals surface area contributed by atoms with Crippen molar-refractivity contribution in [2.45, 2.75) is 31.2 Å². The SMILES string of the molecule is CCOc1ccc(S(=O)(=O)N2CCC(C(=O)NCc3ccc4cc(OC)ccc4c3)CC2)cc1. The normalized spacial score (nSPS) is 15.2. The lowest BCUT2D eigenvalue weighted by Gasteiger charge is -2.30. The second-order valence-corrected chi connectivity index (χ2v) is 10.3. The Morgan fingerprint density at radius 3 is 2.29 bits per heavy atom. The van der Waals surface area contributed by atoms with Crippen LogP contribution in [0.3, 0.4) is 0 Å². The first-order chi connectivity index (χ1) is 16.4. The number of carbonyl (C=O) groups is 1. The molecule has 3 aromatic rings. The first-order valence-corrected chi connectivity index (χ1v) is 12.9. The minimum absolute atomic E-state index is 0.0343. The molecule has 34 heavy (non-hydrogen) atoms. The summed E-state index contributed by atoms with van der Waals surface area (Å²) < 4.78 is 38.0. The Morgan fingerprint density at radius 2 is 1.62 bits per heavy atom. The molecule has 1 aliphatic rings. The zero-order valence-corrected chi connectivity index (χ0v) is 20.3. The van der Waals surface area contributed by atoms with Crippen LogP contribution in [0.15, 0.2) is 65.6 Å². The number of sulfonamides is 1. The Balaban J connectivity index is 1.31. The Labute approximate surface area is 200 Å². The van der Waals surface area contributed by atoms with Crippen LogP contribution in [0.1, 0.15) is 25.3 Å². The third kappa shape index (κ3) is 5.34. The number of amides is 1. The monoisotopic (exact) mass is 482 g/mol. The van der Waals surface area contributed by atoms with Crippen molar-refractivity contribution in [3.05, 3.63) is 66.2 Å². The smallest absolute Gasteiger partial charge is 0.243 e. The van der Waals surface area contributed by atoms with Crippen LogP contribution in [-0.4, -0.2) is 45.4 Å². The van der Waals surface area contributed by atoms with Gasteiger partial charge in [-0.05, 0) is 78.6 Å². The number of methoxy groups -OCH3 is 1. The summed E-state index contributed by atoms with van der Waals surface area (Å²) in [7, 11) is -1.94. The van der Waals surface area contributed by atoms with Crippen molar-refractivity contribution >= 4 is 26.7 Å². The van der Waals surface area contributed by atoms with Gasteiger partial charge < -0.3 is 14.8 Å². The number of benzene rings is 3. The van der Waals surface area contributed by atoms with E-state index in [2.05, 4.69) is 11.4 Å². The van der Waals surface area contributed by atoms with Gasteiger partial charge in [0.15, 0.2) is 0 Å². The molecular formula is C26H30N2O5S. The van der Waals surface area contributed by atoms with Gasteiger partial charge in [0.05, 0.1) is 18.6 Å². The molecule has 0 radical (unpaired) electrons. The molecule has 8 heteroatoms. The number of nitrogens with zero attached hydrogens (tertiary/aromatic N) is 1. The number of hydrogen-bond donors (Lipinski definition) is 1. The topological polar surface area (TPSA) is 84.9 Å². The molecule has 1 amide bonds. The van der Waals surface area contributed by atoms with Gasteiger partial charge in [0.25, 0.3) is 0 Å². The second-order valence-electron chi connectivity index (χ2n) is 8.35. The van der Waals surface area contributed by atoms with Crippen molar-refractivity contribution in [1.82, 2.24) is 9.62 Å². The van der Waals surface area contributed by atoms with Crippen LogP contribution in [-0.2, 0) is 21.4 Å². The van der Waals surface area contributed by atoms with E-state index in [1.165, 1.54) is 4.31 Å². The Morgan fingerprint density at radius 1 is 0.971 bits per heavy atom. The van der Waals surface area contributed by atoms with Crippen molar-refractivity contribution in [2.75, 3.05) is 26.8 Å². The van der Waals surface area contributed by atoms with Gasteiger partial charge in [-0.2, -0.15) is 4.31 Å².